The van der Waals surface area contributed by atoms with Gasteiger partial charge in [-0.2, -0.15) is 0 Å². The van der Waals surface area contributed by atoms with E-state index in [1.54, 1.807) is 24.0 Å². The van der Waals surface area contributed by atoms with Crippen molar-refractivity contribution in [1.82, 2.24) is 4.90 Å². The number of rotatable bonds is 4. The minimum absolute atomic E-state index is 0. The van der Waals surface area contributed by atoms with Crippen molar-refractivity contribution in [1.29, 1.82) is 0 Å². The number of halogens is 1. The Bertz CT molecular complexity index is 701. The second kappa shape index (κ2) is 7.19. The predicted molar refractivity (Wildman–Crippen MR) is 94.2 cm³/mol. The van der Waals surface area contributed by atoms with Gasteiger partial charge < -0.3 is 15.4 Å². The van der Waals surface area contributed by atoms with Gasteiger partial charge in [0.15, 0.2) is 0 Å². The summed E-state index contributed by atoms with van der Waals surface area (Å²) in [6.45, 7) is 2.11. The van der Waals surface area contributed by atoms with Gasteiger partial charge in [0, 0.05) is 24.4 Å². The molecule has 2 N–H and O–H groups in total. The van der Waals surface area contributed by atoms with Crippen molar-refractivity contribution < 1.29 is 19.2 Å². The fraction of sp³-hybridized carbons (Fsp3) is 0.467. The molecule has 2 saturated heterocycles. The van der Waals surface area contributed by atoms with Crippen LogP contribution in [0.15, 0.2) is 24.3 Å². The van der Waals surface area contributed by atoms with Crippen molar-refractivity contribution in [3.05, 3.63) is 39.9 Å². The number of esters is 1. The summed E-state index contributed by atoms with van der Waals surface area (Å²) < 4.78 is 5.35. The molecule has 2 fully saturated rings. The van der Waals surface area contributed by atoms with Crippen molar-refractivity contribution in [2.45, 2.75) is 24.9 Å². The smallest absolute Gasteiger partial charge is 0.314 e. The lowest BCUT2D eigenvalue weighted by molar-refractivity contribution is -0.384. The van der Waals surface area contributed by atoms with Crippen LogP contribution in [-0.4, -0.2) is 45.4 Å². The van der Waals surface area contributed by atoms with Gasteiger partial charge in [0.05, 0.1) is 10.3 Å². The highest BCUT2D eigenvalue weighted by Crippen LogP contribution is 2.41. The summed E-state index contributed by atoms with van der Waals surface area (Å²) in [6, 6.07) is 5.36. The van der Waals surface area contributed by atoms with E-state index in [9.17, 15) is 19.7 Å². The Morgan fingerprint density at radius 1 is 1.48 bits per heavy atom. The molecule has 136 valence electrons. The van der Waals surface area contributed by atoms with Crippen molar-refractivity contribution >= 4 is 41.7 Å². The number of nitro benzene ring substituents is 1. The van der Waals surface area contributed by atoms with E-state index in [1.165, 1.54) is 23.9 Å². The van der Waals surface area contributed by atoms with E-state index >= 15 is 0 Å². The third-order valence-electron chi connectivity index (χ3n) is 4.28. The number of nitrogens with two attached hydrogens (primary N) is 1. The number of hydrogen-bond acceptors (Lipinski definition) is 7. The third kappa shape index (κ3) is 3.58. The van der Waals surface area contributed by atoms with Gasteiger partial charge in [0.2, 0.25) is 5.91 Å². The standard InChI is InChI=1S/C15H17N3O5S.ClH/c1-15(7-17-12(19)11(16)13(17)24-8-15)14(20)23-6-9-2-4-10(5-3-9)18(21)22;/h2-5,11,13H,6-8,16H2,1H3;1H/t11?,13-,15?;/m1./s1. The van der Waals surface area contributed by atoms with Gasteiger partial charge in [-0.1, -0.05) is 0 Å². The molecule has 3 atom stereocenters. The summed E-state index contributed by atoms with van der Waals surface area (Å²) in [7, 11) is 0. The summed E-state index contributed by atoms with van der Waals surface area (Å²) >= 11 is 1.49. The highest BCUT2D eigenvalue weighted by atomic mass is 35.5. The summed E-state index contributed by atoms with van der Waals surface area (Å²) in [4.78, 5) is 35.9. The molecule has 1 amide bonds. The number of fused-ring (bicyclic) bond motifs is 1. The lowest BCUT2D eigenvalue weighted by atomic mass is 9.89. The SMILES string of the molecule is CC1(C(=O)OCc2ccc([N+](=O)[O-])cc2)CS[C@@H]2C(N)C(=O)N2C1.Cl. The van der Waals surface area contributed by atoms with Crippen LogP contribution in [-0.2, 0) is 20.9 Å². The first kappa shape index (κ1) is 19.5. The van der Waals surface area contributed by atoms with Crippen molar-refractivity contribution in [3.63, 3.8) is 0 Å². The van der Waals surface area contributed by atoms with E-state index in [1.807, 2.05) is 0 Å². The van der Waals surface area contributed by atoms with Crippen molar-refractivity contribution in [3.8, 4) is 0 Å². The first-order valence-corrected chi connectivity index (χ1v) is 8.45. The molecule has 1 aromatic carbocycles. The van der Waals surface area contributed by atoms with Crippen LogP contribution in [0.25, 0.3) is 0 Å². The van der Waals surface area contributed by atoms with Crippen LogP contribution in [0.1, 0.15) is 12.5 Å². The van der Waals surface area contributed by atoms with Crippen LogP contribution in [0.2, 0.25) is 0 Å². The van der Waals surface area contributed by atoms with Gasteiger partial charge in [-0.15, -0.1) is 24.2 Å². The molecule has 2 aliphatic heterocycles. The molecule has 0 radical (unpaired) electrons. The van der Waals surface area contributed by atoms with Gasteiger partial charge >= 0.3 is 5.97 Å². The number of β-lactam (4-membered cyclic amide) rings is 1. The number of carbonyl (C=O) groups is 2. The average Bonchev–Trinajstić information content (AvgIpc) is 2.59. The Morgan fingerprint density at radius 3 is 2.72 bits per heavy atom. The number of hydrogen-bond donors (Lipinski definition) is 1. The highest BCUT2D eigenvalue weighted by molar-refractivity contribution is 8.00. The van der Waals surface area contributed by atoms with Crippen LogP contribution in [0.5, 0.6) is 0 Å². The predicted octanol–water partition coefficient (Wildman–Crippen LogP) is 1.31. The molecule has 3 rings (SSSR count). The number of benzene rings is 1. The average molecular weight is 388 g/mol. The van der Waals surface area contributed by atoms with Crippen molar-refractivity contribution in [2.24, 2.45) is 11.1 Å². The maximum Gasteiger partial charge on any atom is 0.314 e. The number of ether oxygens (including phenoxy) is 1. The second-order valence-electron chi connectivity index (χ2n) is 6.25. The van der Waals surface area contributed by atoms with Gasteiger partial charge in [0.25, 0.3) is 5.69 Å². The maximum absolute atomic E-state index is 12.4. The first-order valence-electron chi connectivity index (χ1n) is 7.40. The fourth-order valence-electron chi connectivity index (χ4n) is 2.76. The fourth-order valence-corrected chi connectivity index (χ4v) is 4.19. The highest BCUT2D eigenvalue weighted by Gasteiger charge is 2.54. The summed E-state index contributed by atoms with van der Waals surface area (Å²) in [5.74, 6) is 0.00972. The zero-order valence-corrected chi connectivity index (χ0v) is 15.0. The zero-order chi connectivity index (χ0) is 17.5. The van der Waals surface area contributed by atoms with Crippen LogP contribution in [0, 0.1) is 15.5 Å². The molecule has 0 saturated carbocycles. The normalized spacial score (nSPS) is 27.6. The molecule has 10 heteroatoms. The molecule has 0 bridgehead atoms. The zero-order valence-electron chi connectivity index (χ0n) is 13.4. The minimum atomic E-state index is -0.780. The number of nitrogens with zero attached hydrogens (tertiary/aromatic N) is 2. The Hall–Kier alpha value is -1.84. The Labute approximate surface area is 154 Å². The minimum Gasteiger partial charge on any atom is -0.460 e. The van der Waals surface area contributed by atoms with Crippen LogP contribution < -0.4 is 5.73 Å². The van der Waals surface area contributed by atoms with E-state index in [-0.39, 0.29) is 42.0 Å². The van der Waals surface area contributed by atoms with E-state index in [4.69, 9.17) is 10.5 Å². The monoisotopic (exact) mass is 387 g/mol. The molecular formula is C15H18ClN3O5S. The van der Waals surface area contributed by atoms with E-state index in [2.05, 4.69) is 0 Å². The number of amides is 1. The summed E-state index contributed by atoms with van der Waals surface area (Å²) in [6.07, 6.45) is 0. The van der Waals surface area contributed by atoms with Crippen LogP contribution in [0.3, 0.4) is 0 Å². The molecule has 0 aliphatic carbocycles. The van der Waals surface area contributed by atoms with Gasteiger partial charge in [-0.3, -0.25) is 19.7 Å². The van der Waals surface area contributed by atoms with E-state index in [0.29, 0.717) is 17.9 Å². The Balaban J connectivity index is 0.00000225. The molecular weight excluding hydrogens is 370 g/mol. The molecule has 25 heavy (non-hydrogen) atoms. The van der Waals surface area contributed by atoms with E-state index in [0.717, 1.165) is 0 Å². The number of carbonyl (C=O) groups excluding carboxylic acids is 2. The molecule has 8 nitrogen and oxygen atoms in total. The van der Waals surface area contributed by atoms with Crippen LogP contribution in [0.4, 0.5) is 5.69 Å². The third-order valence-corrected chi connectivity index (χ3v) is 5.98. The largest absolute Gasteiger partial charge is 0.460 e. The van der Waals surface area contributed by atoms with Gasteiger partial charge in [0.1, 0.15) is 18.0 Å². The molecule has 2 aliphatic rings. The van der Waals surface area contributed by atoms with Crippen LogP contribution >= 0.6 is 24.2 Å². The topological polar surface area (TPSA) is 116 Å². The Morgan fingerprint density at radius 2 is 2.12 bits per heavy atom. The molecule has 1 aromatic rings. The molecule has 0 aromatic heterocycles. The molecule has 2 heterocycles. The van der Waals surface area contributed by atoms with Gasteiger partial charge in [-0.05, 0) is 24.6 Å². The number of non-ortho nitro benzene ring substituents is 1. The maximum atomic E-state index is 12.4. The second-order valence-corrected chi connectivity index (χ2v) is 7.36. The quantitative estimate of drug-likeness (QED) is 0.358. The lowest BCUT2D eigenvalue weighted by Crippen LogP contribution is -2.71. The van der Waals surface area contributed by atoms with Crippen molar-refractivity contribution in [2.75, 3.05) is 12.3 Å². The molecule has 0 spiro atoms. The summed E-state index contributed by atoms with van der Waals surface area (Å²) in [5, 5.41) is 10.6. The lowest BCUT2D eigenvalue weighted by Gasteiger charge is -2.52. The number of thioether (sulfide) groups is 1. The molecule has 2 unspecified atom stereocenters. The van der Waals surface area contributed by atoms with E-state index < -0.39 is 16.4 Å². The number of nitro groups is 1. The van der Waals surface area contributed by atoms with Gasteiger partial charge in [-0.25, -0.2) is 0 Å². The first-order chi connectivity index (χ1) is 11.3. The summed E-state index contributed by atoms with van der Waals surface area (Å²) in [5.41, 5.74) is 5.61. The Kier molecular flexibility index (Phi) is 5.60.